The Balaban J connectivity index is 1.43. The van der Waals surface area contributed by atoms with E-state index in [2.05, 4.69) is 10.9 Å². The van der Waals surface area contributed by atoms with E-state index in [4.69, 9.17) is 9.47 Å². The summed E-state index contributed by atoms with van der Waals surface area (Å²) >= 11 is 0. The van der Waals surface area contributed by atoms with Crippen molar-refractivity contribution >= 4 is 23.4 Å². The van der Waals surface area contributed by atoms with Crippen molar-refractivity contribution in [2.75, 3.05) is 24.7 Å². The predicted octanol–water partition coefficient (Wildman–Crippen LogP) is 1.34. The minimum absolute atomic E-state index is 0.0268. The van der Waals surface area contributed by atoms with Crippen LogP contribution in [-0.2, 0) is 14.4 Å². The molecular weight excluding hydrogens is 362 g/mol. The summed E-state index contributed by atoms with van der Waals surface area (Å²) < 4.78 is 10.8. The number of benzene rings is 2. The largest absolute Gasteiger partial charge is 0.483 e. The minimum Gasteiger partial charge on any atom is -0.483 e. The first-order valence-corrected chi connectivity index (χ1v) is 8.83. The lowest BCUT2D eigenvalue weighted by Crippen LogP contribution is -2.46. The van der Waals surface area contributed by atoms with Crippen molar-refractivity contribution in [1.82, 2.24) is 10.9 Å². The quantitative estimate of drug-likeness (QED) is 0.734. The number of hydrogen-bond donors (Lipinski definition) is 2. The summed E-state index contributed by atoms with van der Waals surface area (Å²) in [6.45, 7) is 1.77. The van der Waals surface area contributed by atoms with Crippen LogP contribution in [0.2, 0.25) is 0 Å². The van der Waals surface area contributed by atoms with Gasteiger partial charge in [-0.2, -0.15) is 0 Å². The molecule has 1 aliphatic heterocycles. The maximum Gasteiger partial charge on any atom is 0.276 e. The SMILES string of the molecule is Cc1ccccc1OCC(=O)NNC(=O)CCN1C(=O)COc2ccccc21. The zero-order chi connectivity index (χ0) is 19.9. The number of ether oxygens (including phenoxy) is 2. The van der Waals surface area contributed by atoms with E-state index in [1.807, 2.05) is 31.2 Å². The van der Waals surface area contributed by atoms with Gasteiger partial charge in [-0.15, -0.1) is 0 Å². The van der Waals surface area contributed by atoms with Gasteiger partial charge in [-0.05, 0) is 30.7 Å². The highest BCUT2D eigenvalue weighted by molar-refractivity contribution is 5.98. The van der Waals surface area contributed by atoms with Crippen LogP contribution in [0, 0.1) is 6.92 Å². The van der Waals surface area contributed by atoms with Gasteiger partial charge in [-0.3, -0.25) is 25.2 Å². The Bertz CT molecular complexity index is 884. The molecule has 28 heavy (non-hydrogen) atoms. The van der Waals surface area contributed by atoms with E-state index >= 15 is 0 Å². The number of rotatable bonds is 6. The number of hydrogen-bond acceptors (Lipinski definition) is 5. The molecule has 0 atom stereocenters. The van der Waals surface area contributed by atoms with Crippen molar-refractivity contribution in [3.05, 3.63) is 54.1 Å². The van der Waals surface area contributed by atoms with Crippen LogP contribution in [0.1, 0.15) is 12.0 Å². The molecule has 1 aliphatic rings. The summed E-state index contributed by atoms with van der Waals surface area (Å²) in [7, 11) is 0. The first kappa shape index (κ1) is 19.2. The number of fused-ring (bicyclic) bond motifs is 1. The molecule has 0 saturated carbocycles. The lowest BCUT2D eigenvalue weighted by Gasteiger charge is -2.29. The Morgan fingerprint density at radius 1 is 1.07 bits per heavy atom. The number of nitrogens with one attached hydrogen (secondary N) is 2. The highest BCUT2D eigenvalue weighted by Crippen LogP contribution is 2.31. The van der Waals surface area contributed by atoms with Crippen LogP contribution < -0.4 is 25.2 Å². The van der Waals surface area contributed by atoms with Crippen molar-refractivity contribution < 1.29 is 23.9 Å². The molecule has 2 aromatic rings. The Labute approximate surface area is 162 Å². The van der Waals surface area contributed by atoms with Crippen LogP contribution in [0.4, 0.5) is 5.69 Å². The maximum atomic E-state index is 12.1. The Morgan fingerprint density at radius 2 is 1.79 bits per heavy atom. The van der Waals surface area contributed by atoms with E-state index < -0.39 is 11.8 Å². The Hall–Kier alpha value is -3.55. The van der Waals surface area contributed by atoms with Crippen LogP contribution in [-0.4, -0.2) is 37.5 Å². The molecule has 1 heterocycles. The average molecular weight is 383 g/mol. The zero-order valence-corrected chi connectivity index (χ0v) is 15.4. The third kappa shape index (κ3) is 4.79. The third-order valence-corrected chi connectivity index (χ3v) is 4.16. The van der Waals surface area contributed by atoms with Crippen LogP contribution in [0.5, 0.6) is 11.5 Å². The summed E-state index contributed by atoms with van der Waals surface area (Å²) in [6, 6.07) is 14.5. The minimum atomic E-state index is -0.482. The van der Waals surface area contributed by atoms with Gasteiger partial charge in [0.25, 0.3) is 11.8 Å². The molecule has 146 valence electrons. The second kappa shape index (κ2) is 8.90. The summed E-state index contributed by atoms with van der Waals surface area (Å²) in [5, 5.41) is 0. The molecule has 3 rings (SSSR count). The lowest BCUT2D eigenvalue weighted by molar-refractivity contribution is -0.130. The van der Waals surface area contributed by atoms with Gasteiger partial charge in [0.2, 0.25) is 5.91 Å². The number of aryl methyl sites for hydroxylation is 1. The van der Waals surface area contributed by atoms with Crippen molar-refractivity contribution in [1.29, 1.82) is 0 Å². The van der Waals surface area contributed by atoms with Gasteiger partial charge < -0.3 is 14.4 Å². The van der Waals surface area contributed by atoms with Crippen molar-refractivity contribution in [3.63, 3.8) is 0 Å². The maximum absolute atomic E-state index is 12.1. The van der Waals surface area contributed by atoms with E-state index in [0.717, 1.165) is 5.56 Å². The molecule has 0 saturated heterocycles. The van der Waals surface area contributed by atoms with Gasteiger partial charge in [0.15, 0.2) is 13.2 Å². The fourth-order valence-electron chi connectivity index (χ4n) is 2.71. The van der Waals surface area contributed by atoms with Gasteiger partial charge in [-0.1, -0.05) is 30.3 Å². The fourth-order valence-corrected chi connectivity index (χ4v) is 2.71. The second-order valence-electron chi connectivity index (χ2n) is 6.20. The molecule has 2 aromatic carbocycles. The van der Waals surface area contributed by atoms with Crippen molar-refractivity contribution in [3.8, 4) is 11.5 Å². The zero-order valence-electron chi connectivity index (χ0n) is 15.4. The van der Waals surface area contributed by atoms with Gasteiger partial charge in [-0.25, -0.2) is 0 Å². The van der Waals surface area contributed by atoms with Gasteiger partial charge in [0.1, 0.15) is 11.5 Å². The summed E-state index contributed by atoms with van der Waals surface area (Å²) in [6.07, 6.45) is 0.0268. The van der Waals surface area contributed by atoms with E-state index in [1.54, 1.807) is 24.3 Å². The van der Waals surface area contributed by atoms with Gasteiger partial charge in [0, 0.05) is 13.0 Å². The van der Waals surface area contributed by atoms with Crippen molar-refractivity contribution in [2.24, 2.45) is 0 Å². The van der Waals surface area contributed by atoms with Crippen LogP contribution in [0.3, 0.4) is 0 Å². The molecule has 8 heteroatoms. The predicted molar refractivity (Wildman–Crippen MR) is 102 cm³/mol. The monoisotopic (exact) mass is 383 g/mol. The number of carbonyl (C=O) groups excluding carboxylic acids is 3. The normalized spacial score (nSPS) is 12.6. The van der Waals surface area contributed by atoms with Crippen LogP contribution >= 0.6 is 0 Å². The fraction of sp³-hybridized carbons (Fsp3) is 0.250. The molecule has 0 aromatic heterocycles. The second-order valence-corrected chi connectivity index (χ2v) is 6.20. The number of para-hydroxylation sites is 3. The average Bonchev–Trinajstić information content (AvgIpc) is 2.71. The number of carbonyl (C=O) groups is 3. The van der Waals surface area contributed by atoms with E-state index in [1.165, 1.54) is 4.90 Å². The molecule has 3 amide bonds. The van der Waals surface area contributed by atoms with Crippen LogP contribution in [0.25, 0.3) is 0 Å². The number of amides is 3. The van der Waals surface area contributed by atoms with Crippen molar-refractivity contribution in [2.45, 2.75) is 13.3 Å². The summed E-state index contributed by atoms with van der Waals surface area (Å²) in [5.74, 6) is 0.0882. The highest BCUT2D eigenvalue weighted by atomic mass is 16.5. The standard InChI is InChI=1S/C20H21N3O5/c1-14-6-2-4-8-16(14)27-12-19(25)22-21-18(24)10-11-23-15-7-3-5-9-17(15)28-13-20(23)26/h2-9H,10-13H2,1H3,(H,21,24)(H,22,25). The molecule has 0 unspecified atom stereocenters. The van der Waals surface area contributed by atoms with Gasteiger partial charge in [0.05, 0.1) is 5.69 Å². The topological polar surface area (TPSA) is 97.0 Å². The Morgan fingerprint density at radius 3 is 2.61 bits per heavy atom. The molecule has 0 bridgehead atoms. The summed E-state index contributed by atoms with van der Waals surface area (Å²) in [4.78, 5) is 37.4. The molecule has 0 aliphatic carbocycles. The summed E-state index contributed by atoms with van der Waals surface area (Å²) in [5.41, 5.74) is 6.16. The first-order chi connectivity index (χ1) is 13.5. The Kier molecular flexibility index (Phi) is 6.11. The molecule has 0 spiro atoms. The number of hydrazine groups is 1. The smallest absolute Gasteiger partial charge is 0.276 e. The first-order valence-electron chi connectivity index (χ1n) is 8.83. The number of nitrogens with zero attached hydrogens (tertiary/aromatic N) is 1. The lowest BCUT2D eigenvalue weighted by atomic mass is 10.2. The third-order valence-electron chi connectivity index (χ3n) is 4.16. The van der Waals surface area contributed by atoms with E-state index in [9.17, 15) is 14.4 Å². The molecule has 0 radical (unpaired) electrons. The molecule has 2 N–H and O–H groups in total. The van der Waals surface area contributed by atoms with Crippen LogP contribution in [0.15, 0.2) is 48.5 Å². The highest BCUT2D eigenvalue weighted by Gasteiger charge is 2.25. The van der Waals surface area contributed by atoms with E-state index in [0.29, 0.717) is 17.2 Å². The molecule has 8 nitrogen and oxygen atoms in total. The number of anilines is 1. The molecular formula is C20H21N3O5. The van der Waals surface area contributed by atoms with E-state index in [-0.39, 0.29) is 32.1 Å². The van der Waals surface area contributed by atoms with Gasteiger partial charge >= 0.3 is 0 Å². The molecule has 0 fully saturated rings.